The summed E-state index contributed by atoms with van der Waals surface area (Å²) in [7, 11) is 1.73. The molecule has 138 valence electrons. The van der Waals surface area contributed by atoms with E-state index in [0.29, 0.717) is 28.8 Å². The largest absolute Gasteiger partial charge is 0.369 e. The molecule has 3 aliphatic rings. The number of ether oxygens (including phenoxy) is 1. The Hall–Kier alpha value is -2.55. The Labute approximate surface area is 160 Å². The van der Waals surface area contributed by atoms with Gasteiger partial charge in [0.1, 0.15) is 11.2 Å². The highest BCUT2D eigenvalue weighted by atomic mass is 35.5. The fourth-order valence-electron chi connectivity index (χ4n) is 4.02. The van der Waals surface area contributed by atoms with Gasteiger partial charge in [-0.25, -0.2) is 4.90 Å². The maximum Gasteiger partial charge on any atom is 0.269 e. The number of amides is 1. The van der Waals surface area contributed by atoms with E-state index in [2.05, 4.69) is 15.3 Å². The zero-order chi connectivity index (χ0) is 18.8. The van der Waals surface area contributed by atoms with E-state index in [-0.39, 0.29) is 5.91 Å². The lowest BCUT2D eigenvalue weighted by atomic mass is 9.99. The molecule has 0 bridgehead atoms. The van der Waals surface area contributed by atoms with Crippen molar-refractivity contribution >= 4 is 35.4 Å². The summed E-state index contributed by atoms with van der Waals surface area (Å²) < 4.78 is 7.64. The van der Waals surface area contributed by atoms with E-state index in [1.807, 2.05) is 19.1 Å². The lowest BCUT2D eigenvalue weighted by molar-refractivity contribution is -0.685. The number of carbonyl (C=O) groups is 1. The molecule has 0 radical (unpaired) electrons. The summed E-state index contributed by atoms with van der Waals surface area (Å²) in [6, 6.07) is 5.45. The van der Waals surface area contributed by atoms with Crippen molar-refractivity contribution < 1.29 is 14.4 Å². The predicted molar refractivity (Wildman–Crippen MR) is 98.4 cm³/mol. The van der Waals surface area contributed by atoms with Crippen molar-refractivity contribution in [3.8, 4) is 0 Å². The number of carbonyl (C=O) groups excluding carboxylic acids is 1. The van der Waals surface area contributed by atoms with Gasteiger partial charge in [0.25, 0.3) is 11.7 Å². The Balaban J connectivity index is 1.69. The molecule has 5 rings (SSSR count). The second kappa shape index (κ2) is 5.72. The molecule has 2 aromatic rings. The standard InChI is InChI=1S/C18H17ClN6O2/c1-18(7-4-8-27-18)13-9-21-22-25(13)15-16-23(2)17(26)14-11(19)5-3-6-12(14)24(16)10-20-15/h3,5-6,9-10H,4,7-8H2,1-2H3/p+1. The Kier molecular flexibility index (Phi) is 3.52. The Morgan fingerprint density at radius 2 is 2.22 bits per heavy atom. The molecule has 4 heterocycles. The van der Waals surface area contributed by atoms with Gasteiger partial charge >= 0.3 is 0 Å². The second-order valence-corrected chi connectivity index (χ2v) is 7.49. The second-order valence-electron chi connectivity index (χ2n) is 7.08. The number of halogens is 1. The van der Waals surface area contributed by atoms with Crippen molar-refractivity contribution in [2.45, 2.75) is 25.4 Å². The summed E-state index contributed by atoms with van der Waals surface area (Å²) in [5, 5.41) is 8.77. The highest BCUT2D eigenvalue weighted by Crippen LogP contribution is 2.37. The predicted octanol–water partition coefficient (Wildman–Crippen LogP) is 1.38. The molecule has 1 saturated heterocycles. The molecule has 0 aliphatic carbocycles. The number of nitrogens with one attached hydrogen (secondary N) is 1. The van der Waals surface area contributed by atoms with E-state index in [9.17, 15) is 4.79 Å². The molecule has 1 fully saturated rings. The number of nitrogens with zero attached hydrogens (tertiary/aromatic N) is 5. The van der Waals surface area contributed by atoms with Crippen LogP contribution >= 0.6 is 11.6 Å². The molecule has 1 aromatic heterocycles. The lowest BCUT2D eigenvalue weighted by Crippen LogP contribution is -3.06. The first-order valence-corrected chi connectivity index (χ1v) is 9.17. The van der Waals surface area contributed by atoms with Crippen LogP contribution in [0.5, 0.6) is 0 Å². The van der Waals surface area contributed by atoms with Gasteiger partial charge < -0.3 is 4.74 Å². The number of aromatic nitrogens is 3. The van der Waals surface area contributed by atoms with E-state index in [0.717, 1.165) is 29.1 Å². The van der Waals surface area contributed by atoms with Crippen LogP contribution in [0.3, 0.4) is 0 Å². The molecular formula is C18H18ClN6O2+. The molecule has 9 heteroatoms. The fourth-order valence-corrected chi connectivity index (χ4v) is 4.27. The number of rotatable bonds is 2. The number of aliphatic imine (C=N–C) groups is 1. The van der Waals surface area contributed by atoms with Gasteiger partial charge in [-0.1, -0.05) is 22.9 Å². The third-order valence-corrected chi connectivity index (χ3v) is 5.77. The molecule has 2 unspecified atom stereocenters. The van der Waals surface area contributed by atoms with E-state index >= 15 is 0 Å². The zero-order valence-electron chi connectivity index (χ0n) is 14.9. The smallest absolute Gasteiger partial charge is 0.269 e. The summed E-state index contributed by atoms with van der Waals surface area (Å²) in [6.07, 6.45) is 5.34. The quantitative estimate of drug-likeness (QED) is 0.847. The Bertz CT molecular complexity index is 1020. The van der Waals surface area contributed by atoms with Gasteiger partial charge in [-0.3, -0.25) is 9.69 Å². The molecule has 8 nitrogen and oxygen atoms in total. The minimum absolute atomic E-state index is 0.164. The molecule has 2 atom stereocenters. The first-order chi connectivity index (χ1) is 13.0. The number of quaternary nitrogens is 1. The van der Waals surface area contributed by atoms with Crippen LogP contribution in [0, 0.1) is 0 Å². The van der Waals surface area contributed by atoms with Crippen LogP contribution in [-0.4, -0.2) is 45.8 Å². The highest BCUT2D eigenvalue weighted by Gasteiger charge is 2.45. The maximum absolute atomic E-state index is 13.0. The zero-order valence-corrected chi connectivity index (χ0v) is 15.7. The van der Waals surface area contributed by atoms with Crippen LogP contribution in [0.1, 0.15) is 35.8 Å². The van der Waals surface area contributed by atoms with E-state index in [4.69, 9.17) is 16.3 Å². The summed E-state index contributed by atoms with van der Waals surface area (Å²) in [6.45, 7) is 2.74. The van der Waals surface area contributed by atoms with Gasteiger partial charge in [-0.15, -0.1) is 5.10 Å². The summed E-state index contributed by atoms with van der Waals surface area (Å²) in [5.74, 6) is 1.10. The van der Waals surface area contributed by atoms with Crippen molar-refractivity contribution in [2.24, 2.45) is 4.99 Å². The Morgan fingerprint density at radius 1 is 1.37 bits per heavy atom. The van der Waals surface area contributed by atoms with Crippen molar-refractivity contribution in [1.82, 2.24) is 19.9 Å². The first kappa shape index (κ1) is 16.6. The van der Waals surface area contributed by atoms with Gasteiger partial charge in [0.05, 0.1) is 16.9 Å². The molecule has 3 aliphatic heterocycles. The maximum atomic E-state index is 13.0. The van der Waals surface area contributed by atoms with Crippen molar-refractivity contribution in [2.75, 3.05) is 13.7 Å². The average molecular weight is 386 g/mol. The van der Waals surface area contributed by atoms with Crippen LogP contribution < -0.4 is 4.90 Å². The van der Waals surface area contributed by atoms with Crippen LogP contribution in [0.15, 0.2) is 35.2 Å². The lowest BCUT2D eigenvalue weighted by Gasteiger charge is -2.29. The van der Waals surface area contributed by atoms with Gasteiger partial charge in [-0.2, -0.15) is 9.67 Å². The minimum atomic E-state index is -0.464. The Morgan fingerprint density at radius 3 is 3.00 bits per heavy atom. The molecule has 1 N–H and O–H groups in total. The van der Waals surface area contributed by atoms with E-state index in [1.165, 1.54) is 0 Å². The summed E-state index contributed by atoms with van der Waals surface area (Å²) in [5.41, 5.74) is 1.65. The van der Waals surface area contributed by atoms with Crippen molar-refractivity contribution in [3.63, 3.8) is 0 Å². The van der Waals surface area contributed by atoms with E-state index < -0.39 is 5.60 Å². The minimum Gasteiger partial charge on any atom is -0.369 e. The summed E-state index contributed by atoms with van der Waals surface area (Å²) >= 11 is 6.29. The van der Waals surface area contributed by atoms with Crippen LogP contribution in [0.4, 0.5) is 5.69 Å². The van der Waals surface area contributed by atoms with Gasteiger partial charge in [0.2, 0.25) is 12.2 Å². The first-order valence-electron chi connectivity index (χ1n) is 8.79. The van der Waals surface area contributed by atoms with Gasteiger partial charge in [0, 0.05) is 19.7 Å². The highest BCUT2D eigenvalue weighted by molar-refractivity contribution is 6.34. The van der Waals surface area contributed by atoms with Crippen molar-refractivity contribution in [1.29, 1.82) is 0 Å². The number of fused-ring (bicyclic) bond motifs is 3. The topological polar surface area (TPSA) is 77.0 Å². The van der Waals surface area contributed by atoms with Crippen LogP contribution in [0.2, 0.25) is 5.02 Å². The average Bonchev–Trinajstić information content (AvgIpc) is 3.38. The van der Waals surface area contributed by atoms with E-state index in [1.54, 1.807) is 35.2 Å². The number of hydrogen-bond donors (Lipinski definition) is 1. The van der Waals surface area contributed by atoms with Crippen molar-refractivity contribution in [3.05, 3.63) is 46.5 Å². The molecule has 0 spiro atoms. The SMILES string of the molecule is CN1C(=O)c2c(Cl)cccc2[NH+]2C=NC(n3nncc3C3(C)CCCO3)=C12. The third kappa shape index (κ3) is 2.24. The normalized spacial score (nSPS) is 26.7. The molecule has 1 amide bonds. The van der Waals surface area contributed by atoms with Gasteiger partial charge in [-0.05, 0) is 25.8 Å². The number of hydrogen-bond acceptors (Lipinski definition) is 5. The fraction of sp³-hybridized carbons (Fsp3) is 0.333. The molecule has 0 saturated carbocycles. The molecular weight excluding hydrogens is 368 g/mol. The monoisotopic (exact) mass is 385 g/mol. The third-order valence-electron chi connectivity index (χ3n) is 5.45. The summed E-state index contributed by atoms with van der Waals surface area (Å²) in [4.78, 5) is 20.0. The van der Waals surface area contributed by atoms with Gasteiger partial charge in [0.15, 0.2) is 5.69 Å². The van der Waals surface area contributed by atoms with Crippen LogP contribution in [-0.2, 0) is 10.3 Å². The van der Waals surface area contributed by atoms with Crippen LogP contribution in [0.25, 0.3) is 5.82 Å². The molecule has 1 aromatic carbocycles. The molecule has 27 heavy (non-hydrogen) atoms. The number of benzene rings is 1.